The van der Waals surface area contributed by atoms with Crippen molar-refractivity contribution in [2.45, 2.75) is 274 Å². The van der Waals surface area contributed by atoms with Crippen LogP contribution in [-0.4, -0.2) is 58.1 Å². The Bertz CT molecular complexity index is 1400. The van der Waals surface area contributed by atoms with Gasteiger partial charge in [0.2, 0.25) is 0 Å². The van der Waals surface area contributed by atoms with Crippen LogP contribution in [0.4, 0.5) is 0 Å². The Hall–Kier alpha value is -0.120. The average Bonchev–Trinajstić information content (AvgIpc) is 3.89. The van der Waals surface area contributed by atoms with Gasteiger partial charge in [-0.25, -0.2) is 0 Å². The fourth-order valence-electron chi connectivity index (χ4n) is 21.3. The maximum atomic E-state index is 4.50. The molecule has 3 saturated heterocycles. The Balaban J connectivity index is 0.751. The lowest BCUT2D eigenvalue weighted by molar-refractivity contribution is 0.00527. The fraction of sp³-hybridized carbons (Fsp3) is 1.00. The molecule has 0 spiro atoms. The molecule has 12 aliphatic rings. The van der Waals surface area contributed by atoms with Crippen molar-refractivity contribution in [2.75, 3.05) is 0 Å². The van der Waals surface area contributed by atoms with Crippen LogP contribution >= 0.6 is 0 Å². The summed E-state index contributed by atoms with van der Waals surface area (Å²) in [6.07, 6.45) is 51.0. The van der Waals surface area contributed by atoms with Gasteiger partial charge in [-0.15, -0.1) is 0 Å². The first-order valence-corrected chi connectivity index (χ1v) is 28.3. The standard InChI is InChI=1S/C56H93N3/c1-56(2)48-22-12-9-19-42(48)45-33-40(27-28-49(45)56)58-52-23-13-10-20-43(52)46-31-38(25-29-54(46)58)39-26-30-55-47(32-39)44-21-11-14-24-53(44)59(55)41-34-50(36-15-5-3-6-16-36)57-51(35-41)37-17-7-4-8-18-37/h36-55,57H,3-35H2,1-2H3. The third-order valence-corrected chi connectivity index (χ3v) is 23.6. The largest absolute Gasteiger partial charge is 0.311 e. The molecule has 17 atom stereocenters. The van der Waals surface area contributed by atoms with Gasteiger partial charge in [-0.05, 0) is 211 Å². The summed E-state index contributed by atoms with van der Waals surface area (Å²) in [6, 6.07) is 7.21. The number of hydrogen-bond donors (Lipinski definition) is 1. The Morgan fingerprint density at radius 1 is 0.322 bits per heavy atom. The Morgan fingerprint density at radius 2 is 0.780 bits per heavy atom. The molecule has 0 aromatic carbocycles. The monoisotopic (exact) mass is 808 g/mol. The van der Waals surface area contributed by atoms with Crippen molar-refractivity contribution >= 4 is 0 Å². The SMILES string of the molecule is CC1(C)C2CCCCC2C2CC(N3C4CCCCC4C4CC(C5CCC6C(C5)C5CCCCC5N6C5CC(C6CCCCC6)NC(C6CCCCC6)C5)CCC43)CCC21. The van der Waals surface area contributed by atoms with Gasteiger partial charge < -0.3 is 5.32 Å². The van der Waals surface area contributed by atoms with Gasteiger partial charge in [-0.3, -0.25) is 9.80 Å². The summed E-state index contributed by atoms with van der Waals surface area (Å²) in [7, 11) is 0. The van der Waals surface area contributed by atoms with Gasteiger partial charge in [0.05, 0.1) is 0 Å². The van der Waals surface area contributed by atoms with Crippen LogP contribution in [0.2, 0.25) is 0 Å². The second kappa shape index (κ2) is 16.7. The van der Waals surface area contributed by atoms with E-state index in [1.165, 1.54) is 109 Å². The van der Waals surface area contributed by atoms with Crippen molar-refractivity contribution < 1.29 is 0 Å². The third kappa shape index (κ3) is 7.07. The van der Waals surface area contributed by atoms with Crippen LogP contribution in [0.25, 0.3) is 0 Å². The van der Waals surface area contributed by atoms with Gasteiger partial charge in [0, 0.05) is 48.3 Å². The van der Waals surface area contributed by atoms with E-state index >= 15 is 0 Å². The Labute approximate surface area is 364 Å². The summed E-state index contributed by atoms with van der Waals surface area (Å²) >= 11 is 0. The smallest absolute Gasteiger partial charge is 0.0133 e. The van der Waals surface area contributed by atoms with E-state index in [0.29, 0.717) is 5.41 Å². The lowest BCUT2D eigenvalue weighted by atomic mass is 9.62. The van der Waals surface area contributed by atoms with Crippen molar-refractivity contribution in [1.82, 2.24) is 15.1 Å². The summed E-state index contributed by atoms with van der Waals surface area (Å²) < 4.78 is 0. The molecule has 59 heavy (non-hydrogen) atoms. The molecule has 3 aliphatic heterocycles. The average molecular weight is 808 g/mol. The zero-order valence-corrected chi connectivity index (χ0v) is 38.8. The molecule has 17 unspecified atom stereocenters. The molecular weight excluding hydrogens is 715 g/mol. The first kappa shape index (κ1) is 40.4. The topological polar surface area (TPSA) is 18.5 Å². The number of hydrogen-bond acceptors (Lipinski definition) is 3. The number of likely N-dealkylation sites (tertiary alicyclic amines) is 2. The number of fused-ring (bicyclic) bond motifs is 9. The lowest BCUT2D eigenvalue weighted by Crippen LogP contribution is -2.60. The highest BCUT2D eigenvalue weighted by Crippen LogP contribution is 2.65. The maximum absolute atomic E-state index is 4.50. The molecule has 0 aromatic heterocycles. The molecule has 3 nitrogen and oxygen atoms in total. The zero-order valence-electron chi connectivity index (χ0n) is 38.8. The molecule has 3 heterocycles. The summed E-state index contributed by atoms with van der Waals surface area (Å²) in [6.45, 7) is 5.45. The molecule has 332 valence electrons. The molecule has 0 radical (unpaired) electrons. The van der Waals surface area contributed by atoms with Crippen LogP contribution < -0.4 is 5.32 Å². The van der Waals surface area contributed by atoms with Gasteiger partial charge in [0.15, 0.2) is 0 Å². The molecule has 9 aliphatic carbocycles. The molecular formula is C56H93N3. The Kier molecular flexibility index (Phi) is 11.4. The van der Waals surface area contributed by atoms with Crippen molar-refractivity contribution in [1.29, 1.82) is 0 Å². The number of rotatable bonds is 5. The Morgan fingerprint density at radius 3 is 1.36 bits per heavy atom. The molecule has 9 saturated carbocycles. The highest BCUT2D eigenvalue weighted by Gasteiger charge is 2.61. The predicted octanol–water partition coefficient (Wildman–Crippen LogP) is 13.6. The minimum atomic E-state index is 0.606. The lowest BCUT2D eigenvalue weighted by Gasteiger charge is -2.51. The summed E-state index contributed by atoms with van der Waals surface area (Å²) in [4.78, 5) is 6.80. The summed E-state index contributed by atoms with van der Waals surface area (Å²) in [5, 5.41) is 4.50. The van der Waals surface area contributed by atoms with Crippen LogP contribution in [0.3, 0.4) is 0 Å². The maximum Gasteiger partial charge on any atom is 0.0133 e. The summed E-state index contributed by atoms with van der Waals surface area (Å²) in [5.74, 6) is 12.4. The molecule has 0 amide bonds. The van der Waals surface area contributed by atoms with Crippen molar-refractivity contribution in [3.63, 3.8) is 0 Å². The normalized spacial score (nSPS) is 52.2. The van der Waals surface area contributed by atoms with Crippen molar-refractivity contribution in [3.05, 3.63) is 0 Å². The second-order valence-corrected chi connectivity index (χ2v) is 25.9. The van der Waals surface area contributed by atoms with Gasteiger partial charge in [-0.2, -0.15) is 0 Å². The third-order valence-electron chi connectivity index (χ3n) is 23.6. The van der Waals surface area contributed by atoms with Crippen LogP contribution in [0.5, 0.6) is 0 Å². The molecule has 0 bridgehead atoms. The van der Waals surface area contributed by atoms with E-state index in [-0.39, 0.29) is 0 Å². The van der Waals surface area contributed by atoms with E-state index in [1.807, 2.05) is 0 Å². The summed E-state index contributed by atoms with van der Waals surface area (Å²) in [5.41, 5.74) is 0.606. The quantitative estimate of drug-likeness (QED) is 0.298. The zero-order chi connectivity index (χ0) is 39.2. The van der Waals surface area contributed by atoms with Crippen LogP contribution in [0, 0.1) is 76.4 Å². The molecule has 0 aromatic rings. The number of nitrogens with one attached hydrogen (secondary N) is 1. The van der Waals surface area contributed by atoms with Gasteiger partial charge in [0.25, 0.3) is 0 Å². The predicted molar refractivity (Wildman–Crippen MR) is 245 cm³/mol. The highest BCUT2D eigenvalue weighted by molar-refractivity contribution is 5.13. The molecule has 12 rings (SSSR count). The van der Waals surface area contributed by atoms with E-state index in [4.69, 9.17) is 0 Å². The van der Waals surface area contributed by atoms with E-state index in [0.717, 1.165) is 119 Å². The minimum Gasteiger partial charge on any atom is -0.311 e. The first-order valence-electron chi connectivity index (χ1n) is 28.3. The molecule has 12 fully saturated rings. The van der Waals surface area contributed by atoms with Gasteiger partial charge in [-0.1, -0.05) is 90.9 Å². The molecule has 3 heteroatoms. The second-order valence-electron chi connectivity index (χ2n) is 25.9. The van der Waals surface area contributed by atoms with Crippen molar-refractivity contribution in [3.8, 4) is 0 Å². The van der Waals surface area contributed by atoms with Crippen LogP contribution in [0.1, 0.15) is 226 Å². The van der Waals surface area contributed by atoms with Gasteiger partial charge in [0.1, 0.15) is 0 Å². The minimum absolute atomic E-state index is 0.606. The van der Waals surface area contributed by atoms with E-state index < -0.39 is 0 Å². The number of piperidine rings is 1. The first-order chi connectivity index (χ1) is 29.0. The van der Waals surface area contributed by atoms with Crippen LogP contribution in [-0.2, 0) is 0 Å². The number of nitrogens with zero attached hydrogens (tertiary/aromatic N) is 2. The fourth-order valence-corrected chi connectivity index (χ4v) is 21.3. The van der Waals surface area contributed by atoms with E-state index in [9.17, 15) is 0 Å². The molecule has 1 N–H and O–H groups in total. The van der Waals surface area contributed by atoms with E-state index in [1.54, 1.807) is 103 Å². The van der Waals surface area contributed by atoms with Crippen molar-refractivity contribution in [2.24, 2.45) is 76.4 Å². The van der Waals surface area contributed by atoms with Crippen LogP contribution in [0.15, 0.2) is 0 Å². The highest BCUT2D eigenvalue weighted by atomic mass is 15.3. The van der Waals surface area contributed by atoms with Gasteiger partial charge >= 0.3 is 0 Å². The van der Waals surface area contributed by atoms with E-state index in [2.05, 4.69) is 29.0 Å².